The van der Waals surface area contributed by atoms with Crippen molar-refractivity contribution in [2.45, 2.75) is 13.8 Å². The third-order valence-corrected chi connectivity index (χ3v) is 3.20. The quantitative estimate of drug-likeness (QED) is 0.686. The Balaban J connectivity index is 2.44. The van der Waals surface area contributed by atoms with Gasteiger partial charge in [0.25, 0.3) is 0 Å². The molecule has 1 aromatic carbocycles. The van der Waals surface area contributed by atoms with Crippen molar-refractivity contribution in [1.29, 1.82) is 0 Å². The molecule has 7 nitrogen and oxygen atoms in total. The topological polar surface area (TPSA) is 89.8 Å². The average molecular weight is 304 g/mol. The molecular weight excluding hydrogens is 294 g/mol. The van der Waals surface area contributed by atoms with Gasteiger partial charge in [-0.05, 0) is 25.1 Å². The minimum Gasteiger partial charge on any atom is -0.274 e. The van der Waals surface area contributed by atoms with Crippen LogP contribution in [0.25, 0.3) is 21.9 Å². The van der Waals surface area contributed by atoms with Crippen molar-refractivity contribution in [2.75, 3.05) is 5.43 Å². The smallest absolute Gasteiger partial charge is 0.274 e. The second kappa shape index (κ2) is 4.78. The van der Waals surface area contributed by atoms with Crippen LogP contribution in [0.5, 0.6) is 0 Å². The Kier molecular flexibility index (Phi) is 3.06. The summed E-state index contributed by atoms with van der Waals surface area (Å²) in [6, 6.07) is 5.08. The van der Waals surface area contributed by atoms with Crippen molar-refractivity contribution in [2.24, 2.45) is 0 Å². The van der Waals surface area contributed by atoms with E-state index in [9.17, 15) is 9.59 Å². The summed E-state index contributed by atoms with van der Waals surface area (Å²) >= 11 is 5.98. The molecule has 0 aliphatic rings. The lowest BCUT2D eigenvalue weighted by molar-refractivity contribution is -0.115. The summed E-state index contributed by atoms with van der Waals surface area (Å²) in [5.41, 5.74) is 2.99. The van der Waals surface area contributed by atoms with Crippen molar-refractivity contribution in [3.05, 3.63) is 39.4 Å². The first-order valence-corrected chi connectivity index (χ1v) is 6.48. The molecule has 0 unspecified atom stereocenters. The molecule has 0 spiro atoms. The molecule has 21 heavy (non-hydrogen) atoms. The second-order valence-corrected chi connectivity index (χ2v) is 4.96. The molecule has 0 bridgehead atoms. The van der Waals surface area contributed by atoms with Crippen LogP contribution in [0.2, 0.25) is 5.02 Å². The molecule has 3 rings (SSSR count). The number of nitrogens with zero attached hydrogens (tertiary/aromatic N) is 4. The predicted molar refractivity (Wildman–Crippen MR) is 78.9 cm³/mol. The normalized spacial score (nSPS) is 11.0. The number of amides is 1. The highest BCUT2D eigenvalue weighted by Gasteiger charge is 2.14. The molecule has 0 radical (unpaired) electrons. The molecule has 0 atom stereocenters. The van der Waals surface area contributed by atoms with E-state index in [0.717, 1.165) is 4.68 Å². The van der Waals surface area contributed by atoms with Crippen molar-refractivity contribution >= 4 is 39.4 Å². The van der Waals surface area contributed by atoms with Gasteiger partial charge in [-0.15, -0.1) is 10.2 Å². The summed E-state index contributed by atoms with van der Waals surface area (Å²) in [6.07, 6.45) is 0. The zero-order valence-corrected chi connectivity index (χ0v) is 12.0. The molecule has 0 saturated carbocycles. The fourth-order valence-electron chi connectivity index (χ4n) is 2.07. The van der Waals surface area contributed by atoms with Gasteiger partial charge in [0.15, 0.2) is 5.52 Å². The van der Waals surface area contributed by atoms with E-state index < -0.39 is 5.56 Å². The molecule has 0 fully saturated rings. The number of rotatable bonds is 1. The van der Waals surface area contributed by atoms with Gasteiger partial charge in [0.05, 0.1) is 5.52 Å². The first kappa shape index (κ1) is 13.4. The first-order valence-electron chi connectivity index (χ1n) is 6.10. The van der Waals surface area contributed by atoms with Gasteiger partial charge in [-0.1, -0.05) is 11.6 Å². The van der Waals surface area contributed by atoms with Gasteiger partial charge in [0.2, 0.25) is 5.91 Å². The molecular formula is C13H10ClN5O2. The maximum absolute atomic E-state index is 12.4. The highest BCUT2D eigenvalue weighted by molar-refractivity contribution is 6.31. The van der Waals surface area contributed by atoms with Gasteiger partial charge in [0, 0.05) is 17.3 Å². The molecule has 0 aliphatic heterocycles. The van der Waals surface area contributed by atoms with Gasteiger partial charge in [0.1, 0.15) is 11.3 Å². The van der Waals surface area contributed by atoms with Crippen LogP contribution < -0.4 is 11.0 Å². The van der Waals surface area contributed by atoms with Crippen LogP contribution in [0, 0.1) is 6.92 Å². The number of carbonyl (C=O) groups excluding carboxylic acids is 1. The molecule has 1 amide bonds. The Morgan fingerprint density at radius 2 is 2.05 bits per heavy atom. The summed E-state index contributed by atoms with van der Waals surface area (Å²) in [5.74, 6) is -0.0323. The van der Waals surface area contributed by atoms with Crippen LogP contribution in [0.15, 0.2) is 23.0 Å². The van der Waals surface area contributed by atoms with E-state index in [-0.39, 0.29) is 11.4 Å². The molecule has 2 aromatic heterocycles. The lowest BCUT2D eigenvalue weighted by Crippen LogP contribution is -2.34. The number of aromatic nitrogens is 4. The Morgan fingerprint density at radius 3 is 2.76 bits per heavy atom. The number of aryl methyl sites for hydroxylation is 1. The molecule has 0 aliphatic carbocycles. The number of halogens is 1. The molecule has 106 valence electrons. The largest absolute Gasteiger partial charge is 0.300 e. The maximum atomic E-state index is 12.4. The lowest BCUT2D eigenvalue weighted by Gasteiger charge is -2.10. The van der Waals surface area contributed by atoms with E-state index in [4.69, 9.17) is 11.6 Å². The van der Waals surface area contributed by atoms with Crippen LogP contribution in [-0.4, -0.2) is 25.8 Å². The highest BCUT2D eigenvalue weighted by atomic mass is 35.5. The summed E-state index contributed by atoms with van der Waals surface area (Å²) < 4.78 is 1.05. The van der Waals surface area contributed by atoms with Crippen LogP contribution in [0.1, 0.15) is 12.7 Å². The van der Waals surface area contributed by atoms with Gasteiger partial charge >= 0.3 is 5.56 Å². The van der Waals surface area contributed by atoms with Gasteiger partial charge in [-0.3, -0.25) is 15.0 Å². The SMILES string of the molecule is CC(=O)Nn1c(C)nc2c(nnc3ccc(Cl)cc32)c1=O. The van der Waals surface area contributed by atoms with Crippen LogP contribution >= 0.6 is 11.6 Å². The first-order chi connectivity index (χ1) is 9.97. The van der Waals surface area contributed by atoms with Crippen molar-refractivity contribution < 1.29 is 4.79 Å². The summed E-state index contributed by atoms with van der Waals surface area (Å²) in [7, 11) is 0. The van der Waals surface area contributed by atoms with Crippen molar-refractivity contribution in [3.8, 4) is 0 Å². The zero-order chi connectivity index (χ0) is 15.1. The summed E-state index contributed by atoms with van der Waals surface area (Å²) in [4.78, 5) is 27.9. The number of nitrogens with one attached hydrogen (secondary N) is 1. The van der Waals surface area contributed by atoms with Gasteiger partial charge in [-0.25, -0.2) is 9.66 Å². The van der Waals surface area contributed by atoms with E-state index in [1.165, 1.54) is 6.92 Å². The van der Waals surface area contributed by atoms with Crippen molar-refractivity contribution in [3.63, 3.8) is 0 Å². The van der Waals surface area contributed by atoms with Crippen molar-refractivity contribution in [1.82, 2.24) is 19.9 Å². The number of benzene rings is 1. The predicted octanol–water partition coefficient (Wildman–Crippen LogP) is 1.39. The minimum absolute atomic E-state index is 0.0733. The van der Waals surface area contributed by atoms with Gasteiger partial charge < -0.3 is 0 Å². The number of fused-ring (bicyclic) bond motifs is 3. The Labute approximate surface area is 123 Å². The number of carbonyl (C=O) groups is 1. The molecule has 2 heterocycles. The third-order valence-electron chi connectivity index (χ3n) is 2.97. The fraction of sp³-hybridized carbons (Fsp3) is 0.154. The minimum atomic E-state index is -0.484. The maximum Gasteiger partial charge on any atom is 0.300 e. The molecule has 3 aromatic rings. The Bertz CT molecular complexity index is 951. The molecule has 1 N–H and O–H groups in total. The number of hydrogen-bond donors (Lipinski definition) is 1. The highest BCUT2D eigenvalue weighted by Crippen LogP contribution is 2.22. The van der Waals surface area contributed by atoms with E-state index in [1.807, 2.05) is 0 Å². The Hall–Kier alpha value is -2.54. The standard InChI is InChI=1S/C13H10ClN5O2/c1-6-15-11-9-5-8(14)3-4-10(9)16-17-12(11)13(21)19(6)18-7(2)20/h3-5H,1-2H3,(H,18,20). The van der Waals surface area contributed by atoms with E-state index in [1.54, 1.807) is 25.1 Å². The molecule has 8 heteroatoms. The average Bonchev–Trinajstić information content (AvgIpc) is 2.43. The number of hydrogen-bond acceptors (Lipinski definition) is 5. The monoisotopic (exact) mass is 303 g/mol. The molecule has 0 saturated heterocycles. The van der Waals surface area contributed by atoms with E-state index in [0.29, 0.717) is 27.3 Å². The van der Waals surface area contributed by atoms with Gasteiger partial charge in [-0.2, -0.15) is 0 Å². The van der Waals surface area contributed by atoms with Crippen LogP contribution in [0.3, 0.4) is 0 Å². The fourth-order valence-corrected chi connectivity index (χ4v) is 2.25. The third kappa shape index (κ3) is 2.21. The van der Waals surface area contributed by atoms with E-state index in [2.05, 4.69) is 20.6 Å². The van der Waals surface area contributed by atoms with Crippen LogP contribution in [0.4, 0.5) is 0 Å². The zero-order valence-electron chi connectivity index (χ0n) is 11.2. The lowest BCUT2D eigenvalue weighted by atomic mass is 10.2. The summed E-state index contributed by atoms with van der Waals surface area (Å²) in [6.45, 7) is 2.93. The Morgan fingerprint density at radius 1 is 1.29 bits per heavy atom. The van der Waals surface area contributed by atoms with E-state index >= 15 is 0 Å². The second-order valence-electron chi connectivity index (χ2n) is 4.53. The summed E-state index contributed by atoms with van der Waals surface area (Å²) in [5, 5.41) is 9.05. The van der Waals surface area contributed by atoms with Crippen LogP contribution in [-0.2, 0) is 4.79 Å².